The second kappa shape index (κ2) is 4.97. The SMILES string of the molecule is COCCn1c(=O)cnc2cc(C(=O)O)ccc21. The van der Waals surface area contributed by atoms with E-state index in [4.69, 9.17) is 9.84 Å². The van der Waals surface area contributed by atoms with Gasteiger partial charge in [0.2, 0.25) is 0 Å². The molecule has 0 bridgehead atoms. The first-order valence-corrected chi connectivity index (χ1v) is 5.35. The molecular formula is C12H12N2O4. The van der Waals surface area contributed by atoms with E-state index in [-0.39, 0.29) is 11.1 Å². The van der Waals surface area contributed by atoms with Crippen LogP contribution in [-0.4, -0.2) is 34.3 Å². The van der Waals surface area contributed by atoms with E-state index in [0.717, 1.165) is 0 Å². The monoisotopic (exact) mass is 248 g/mol. The van der Waals surface area contributed by atoms with Crippen LogP contribution in [0.3, 0.4) is 0 Å². The zero-order chi connectivity index (χ0) is 13.1. The molecule has 1 aromatic carbocycles. The van der Waals surface area contributed by atoms with Crippen molar-refractivity contribution in [2.45, 2.75) is 6.54 Å². The highest BCUT2D eigenvalue weighted by molar-refractivity contribution is 5.92. The molecule has 6 heteroatoms. The molecule has 6 nitrogen and oxygen atoms in total. The predicted molar refractivity (Wildman–Crippen MR) is 64.8 cm³/mol. The summed E-state index contributed by atoms with van der Waals surface area (Å²) in [6.07, 6.45) is 1.18. The molecule has 1 aromatic heterocycles. The van der Waals surface area contributed by atoms with Gasteiger partial charge in [-0.25, -0.2) is 9.78 Å². The fraction of sp³-hybridized carbons (Fsp3) is 0.250. The fourth-order valence-corrected chi connectivity index (χ4v) is 1.71. The van der Waals surface area contributed by atoms with Gasteiger partial charge in [0.15, 0.2) is 0 Å². The standard InChI is InChI=1S/C12H12N2O4/c1-18-5-4-14-10-3-2-8(12(16)17)6-9(10)13-7-11(14)15/h2-3,6-7H,4-5H2,1H3,(H,16,17). The van der Waals surface area contributed by atoms with Crippen LogP contribution in [0, 0.1) is 0 Å². The molecule has 0 unspecified atom stereocenters. The second-order valence-electron chi connectivity index (χ2n) is 3.75. The molecular weight excluding hydrogens is 236 g/mol. The molecule has 2 rings (SSSR count). The lowest BCUT2D eigenvalue weighted by Gasteiger charge is -2.09. The highest BCUT2D eigenvalue weighted by Crippen LogP contribution is 2.12. The van der Waals surface area contributed by atoms with Crippen molar-refractivity contribution in [3.63, 3.8) is 0 Å². The number of carboxylic acids is 1. The molecule has 0 fully saturated rings. The van der Waals surface area contributed by atoms with Crippen molar-refractivity contribution < 1.29 is 14.6 Å². The number of carboxylic acid groups (broad SMARTS) is 1. The summed E-state index contributed by atoms with van der Waals surface area (Å²) >= 11 is 0. The maximum Gasteiger partial charge on any atom is 0.335 e. The van der Waals surface area contributed by atoms with E-state index in [1.165, 1.54) is 22.9 Å². The summed E-state index contributed by atoms with van der Waals surface area (Å²) in [5, 5.41) is 8.89. The van der Waals surface area contributed by atoms with Crippen LogP contribution in [0.1, 0.15) is 10.4 Å². The molecule has 0 radical (unpaired) electrons. The van der Waals surface area contributed by atoms with Gasteiger partial charge in [0.05, 0.1) is 29.4 Å². The molecule has 18 heavy (non-hydrogen) atoms. The Morgan fingerprint density at radius 3 is 2.94 bits per heavy atom. The summed E-state index contributed by atoms with van der Waals surface area (Å²) < 4.78 is 6.45. The first-order valence-electron chi connectivity index (χ1n) is 5.35. The molecule has 0 saturated carbocycles. The number of hydrogen-bond donors (Lipinski definition) is 1. The van der Waals surface area contributed by atoms with Crippen molar-refractivity contribution in [1.82, 2.24) is 9.55 Å². The van der Waals surface area contributed by atoms with Gasteiger partial charge in [-0.05, 0) is 18.2 Å². The van der Waals surface area contributed by atoms with Gasteiger partial charge in [0.1, 0.15) is 0 Å². The molecule has 0 aliphatic carbocycles. The summed E-state index contributed by atoms with van der Waals surface area (Å²) in [5.41, 5.74) is 0.990. The van der Waals surface area contributed by atoms with Gasteiger partial charge >= 0.3 is 5.97 Å². The number of carbonyl (C=O) groups is 1. The third kappa shape index (κ3) is 2.23. The second-order valence-corrected chi connectivity index (χ2v) is 3.75. The molecule has 0 atom stereocenters. The highest BCUT2D eigenvalue weighted by Gasteiger charge is 2.08. The maximum absolute atomic E-state index is 11.7. The number of aromatic nitrogens is 2. The number of nitrogens with zero attached hydrogens (tertiary/aromatic N) is 2. The minimum atomic E-state index is -1.02. The molecule has 0 spiro atoms. The Labute approximate surface area is 102 Å². The van der Waals surface area contributed by atoms with Crippen LogP contribution in [0.2, 0.25) is 0 Å². The predicted octanol–water partition coefficient (Wildman–Crippen LogP) is 0.741. The Bertz CT molecular complexity index is 648. The summed E-state index contributed by atoms with van der Waals surface area (Å²) in [4.78, 5) is 26.5. The number of methoxy groups -OCH3 is 1. The summed E-state index contributed by atoms with van der Waals surface area (Å²) in [5.74, 6) is -1.02. The smallest absolute Gasteiger partial charge is 0.335 e. The number of ether oxygens (including phenoxy) is 1. The van der Waals surface area contributed by atoms with Crippen molar-refractivity contribution in [3.05, 3.63) is 40.3 Å². The molecule has 94 valence electrons. The fourth-order valence-electron chi connectivity index (χ4n) is 1.71. The molecule has 1 N–H and O–H groups in total. The Morgan fingerprint density at radius 1 is 1.50 bits per heavy atom. The van der Waals surface area contributed by atoms with Gasteiger partial charge in [0, 0.05) is 13.7 Å². The lowest BCUT2D eigenvalue weighted by Crippen LogP contribution is -2.22. The van der Waals surface area contributed by atoms with Gasteiger partial charge < -0.3 is 14.4 Å². The summed E-state index contributed by atoms with van der Waals surface area (Å²) in [7, 11) is 1.55. The number of fused-ring (bicyclic) bond motifs is 1. The Morgan fingerprint density at radius 2 is 2.28 bits per heavy atom. The van der Waals surface area contributed by atoms with E-state index in [1.54, 1.807) is 13.2 Å². The summed E-state index contributed by atoms with van der Waals surface area (Å²) in [6.45, 7) is 0.806. The zero-order valence-electron chi connectivity index (χ0n) is 9.79. The normalized spacial score (nSPS) is 10.7. The van der Waals surface area contributed by atoms with E-state index in [1.807, 2.05) is 0 Å². The van der Waals surface area contributed by atoms with Crippen molar-refractivity contribution in [2.24, 2.45) is 0 Å². The Kier molecular flexibility index (Phi) is 3.38. The van der Waals surface area contributed by atoms with Gasteiger partial charge in [-0.1, -0.05) is 0 Å². The maximum atomic E-state index is 11.7. The molecule has 0 aliphatic rings. The van der Waals surface area contributed by atoms with Crippen LogP contribution in [-0.2, 0) is 11.3 Å². The number of benzene rings is 1. The molecule has 1 heterocycles. The van der Waals surface area contributed by atoms with E-state index >= 15 is 0 Å². The molecule has 0 amide bonds. The third-order valence-corrected chi connectivity index (χ3v) is 2.61. The van der Waals surface area contributed by atoms with Gasteiger partial charge in [-0.15, -0.1) is 0 Å². The van der Waals surface area contributed by atoms with Crippen molar-refractivity contribution in [3.8, 4) is 0 Å². The van der Waals surface area contributed by atoms with E-state index in [9.17, 15) is 9.59 Å². The minimum absolute atomic E-state index is 0.145. The van der Waals surface area contributed by atoms with Gasteiger partial charge in [0.25, 0.3) is 5.56 Å². The minimum Gasteiger partial charge on any atom is -0.478 e. The molecule has 0 aliphatic heterocycles. The van der Waals surface area contributed by atoms with E-state index < -0.39 is 5.97 Å². The summed E-state index contributed by atoms with van der Waals surface area (Å²) in [6, 6.07) is 4.48. The lowest BCUT2D eigenvalue weighted by atomic mass is 10.2. The topological polar surface area (TPSA) is 81.4 Å². The Balaban J connectivity index is 2.59. The van der Waals surface area contributed by atoms with Crippen molar-refractivity contribution >= 4 is 17.0 Å². The van der Waals surface area contributed by atoms with Crippen LogP contribution < -0.4 is 5.56 Å². The number of rotatable bonds is 4. The third-order valence-electron chi connectivity index (χ3n) is 2.61. The quantitative estimate of drug-likeness (QED) is 0.863. The molecule has 0 saturated heterocycles. The number of hydrogen-bond acceptors (Lipinski definition) is 4. The van der Waals surface area contributed by atoms with Crippen molar-refractivity contribution in [2.75, 3.05) is 13.7 Å². The van der Waals surface area contributed by atoms with E-state index in [0.29, 0.717) is 24.2 Å². The Hall–Kier alpha value is -2.21. The van der Waals surface area contributed by atoms with Crippen LogP contribution in [0.5, 0.6) is 0 Å². The lowest BCUT2D eigenvalue weighted by molar-refractivity contribution is 0.0697. The largest absolute Gasteiger partial charge is 0.478 e. The highest BCUT2D eigenvalue weighted by atomic mass is 16.5. The first kappa shape index (κ1) is 12.3. The average molecular weight is 248 g/mol. The number of aromatic carboxylic acids is 1. The van der Waals surface area contributed by atoms with Crippen LogP contribution >= 0.6 is 0 Å². The van der Waals surface area contributed by atoms with Gasteiger partial charge in [-0.2, -0.15) is 0 Å². The van der Waals surface area contributed by atoms with Gasteiger partial charge in [-0.3, -0.25) is 4.79 Å². The van der Waals surface area contributed by atoms with Crippen LogP contribution in [0.25, 0.3) is 11.0 Å². The van der Waals surface area contributed by atoms with Crippen LogP contribution in [0.15, 0.2) is 29.2 Å². The zero-order valence-corrected chi connectivity index (χ0v) is 9.79. The van der Waals surface area contributed by atoms with Crippen molar-refractivity contribution in [1.29, 1.82) is 0 Å². The first-order chi connectivity index (χ1) is 8.63. The molecule has 2 aromatic rings. The van der Waals surface area contributed by atoms with Crippen LogP contribution in [0.4, 0.5) is 0 Å². The average Bonchev–Trinajstić information content (AvgIpc) is 2.37. The van der Waals surface area contributed by atoms with E-state index in [2.05, 4.69) is 4.98 Å².